The standard InChI is InChI=1S/C13H19N3S/c1-17-9-3-8-13(15)7-2-4-11-10(13)5-6-12(14)16-11/h2,4-6H,3,7-9,15H2,1H3,(H2,14,16). The van der Waals surface area contributed by atoms with Crippen LogP contribution in [0, 0.1) is 0 Å². The summed E-state index contributed by atoms with van der Waals surface area (Å²) in [6.45, 7) is 0. The smallest absolute Gasteiger partial charge is 0.124 e. The summed E-state index contributed by atoms with van der Waals surface area (Å²) in [4.78, 5) is 4.34. The van der Waals surface area contributed by atoms with E-state index in [0.717, 1.165) is 36.3 Å². The molecule has 0 saturated carbocycles. The summed E-state index contributed by atoms with van der Waals surface area (Å²) in [6, 6.07) is 3.87. The molecule has 0 bridgehead atoms. The third-order valence-corrected chi connectivity index (χ3v) is 3.91. The van der Waals surface area contributed by atoms with E-state index in [2.05, 4.69) is 17.3 Å². The van der Waals surface area contributed by atoms with Crippen LogP contribution in [0.5, 0.6) is 0 Å². The number of hydrogen-bond donors (Lipinski definition) is 2. The molecule has 0 amide bonds. The van der Waals surface area contributed by atoms with Crippen molar-refractivity contribution >= 4 is 23.7 Å². The SMILES string of the molecule is CSCCCC1(N)CC=Cc2nc(N)ccc21. The maximum Gasteiger partial charge on any atom is 0.124 e. The van der Waals surface area contributed by atoms with Gasteiger partial charge in [-0.05, 0) is 49.0 Å². The van der Waals surface area contributed by atoms with Crippen LogP contribution in [0.15, 0.2) is 18.2 Å². The van der Waals surface area contributed by atoms with Crippen LogP contribution < -0.4 is 11.5 Å². The molecule has 2 rings (SSSR count). The number of fused-ring (bicyclic) bond motifs is 1. The van der Waals surface area contributed by atoms with Gasteiger partial charge in [0, 0.05) is 5.54 Å². The number of hydrogen-bond acceptors (Lipinski definition) is 4. The van der Waals surface area contributed by atoms with E-state index in [1.54, 1.807) is 0 Å². The van der Waals surface area contributed by atoms with E-state index in [9.17, 15) is 0 Å². The molecule has 1 aliphatic rings. The van der Waals surface area contributed by atoms with Crippen molar-refractivity contribution in [3.05, 3.63) is 29.5 Å². The van der Waals surface area contributed by atoms with Crippen LogP contribution in [0.4, 0.5) is 5.82 Å². The van der Waals surface area contributed by atoms with E-state index >= 15 is 0 Å². The van der Waals surface area contributed by atoms with Gasteiger partial charge in [-0.3, -0.25) is 0 Å². The Hall–Kier alpha value is -1.00. The van der Waals surface area contributed by atoms with Crippen LogP contribution in [-0.2, 0) is 5.54 Å². The Labute approximate surface area is 107 Å². The van der Waals surface area contributed by atoms with Crippen LogP contribution in [0.25, 0.3) is 6.08 Å². The fraction of sp³-hybridized carbons (Fsp3) is 0.462. The number of nitrogen functional groups attached to an aromatic ring is 1. The average molecular weight is 249 g/mol. The molecular weight excluding hydrogens is 230 g/mol. The second-order valence-corrected chi connectivity index (χ2v) is 5.51. The van der Waals surface area contributed by atoms with Crippen molar-refractivity contribution in [1.82, 2.24) is 4.98 Å². The molecule has 1 aromatic rings. The molecule has 4 N–H and O–H groups in total. The summed E-state index contributed by atoms with van der Waals surface area (Å²) in [5, 5.41) is 0. The van der Waals surface area contributed by atoms with E-state index in [1.807, 2.05) is 30.0 Å². The van der Waals surface area contributed by atoms with Gasteiger partial charge in [-0.15, -0.1) is 0 Å². The highest BCUT2D eigenvalue weighted by Crippen LogP contribution is 2.34. The Morgan fingerprint density at radius 3 is 3.06 bits per heavy atom. The number of pyridine rings is 1. The Morgan fingerprint density at radius 1 is 1.47 bits per heavy atom. The predicted molar refractivity (Wildman–Crippen MR) is 75.8 cm³/mol. The zero-order chi connectivity index (χ0) is 12.3. The lowest BCUT2D eigenvalue weighted by molar-refractivity contribution is 0.405. The minimum absolute atomic E-state index is 0.263. The first kappa shape index (κ1) is 12.5. The van der Waals surface area contributed by atoms with Gasteiger partial charge in [-0.2, -0.15) is 11.8 Å². The molecule has 0 aromatic carbocycles. The van der Waals surface area contributed by atoms with Crippen molar-refractivity contribution in [1.29, 1.82) is 0 Å². The van der Waals surface area contributed by atoms with Gasteiger partial charge >= 0.3 is 0 Å². The highest BCUT2D eigenvalue weighted by molar-refractivity contribution is 7.98. The number of nitrogens with zero attached hydrogens (tertiary/aromatic N) is 1. The largest absolute Gasteiger partial charge is 0.384 e. The number of rotatable bonds is 4. The van der Waals surface area contributed by atoms with Crippen molar-refractivity contribution in [2.45, 2.75) is 24.8 Å². The van der Waals surface area contributed by atoms with Crippen LogP contribution in [0.1, 0.15) is 30.5 Å². The predicted octanol–water partition coefficient (Wildman–Crippen LogP) is 2.38. The van der Waals surface area contributed by atoms with Crippen LogP contribution in [0.3, 0.4) is 0 Å². The molecule has 0 saturated heterocycles. The average Bonchev–Trinajstić information content (AvgIpc) is 2.29. The number of nitrogens with two attached hydrogens (primary N) is 2. The highest BCUT2D eigenvalue weighted by atomic mass is 32.2. The molecule has 4 heteroatoms. The van der Waals surface area contributed by atoms with Crippen molar-refractivity contribution < 1.29 is 0 Å². The van der Waals surface area contributed by atoms with Crippen LogP contribution in [-0.4, -0.2) is 17.0 Å². The lowest BCUT2D eigenvalue weighted by atomic mass is 9.79. The quantitative estimate of drug-likeness (QED) is 0.804. The van der Waals surface area contributed by atoms with Gasteiger partial charge in [0.2, 0.25) is 0 Å². The van der Waals surface area contributed by atoms with Gasteiger partial charge in [0.1, 0.15) is 5.82 Å². The highest BCUT2D eigenvalue weighted by Gasteiger charge is 2.30. The van der Waals surface area contributed by atoms with Gasteiger partial charge in [-0.25, -0.2) is 4.98 Å². The molecule has 17 heavy (non-hydrogen) atoms. The van der Waals surface area contributed by atoms with Gasteiger partial charge < -0.3 is 11.5 Å². The van der Waals surface area contributed by atoms with E-state index in [-0.39, 0.29) is 5.54 Å². The zero-order valence-corrected chi connectivity index (χ0v) is 11.0. The van der Waals surface area contributed by atoms with Crippen molar-refractivity contribution in [3.8, 4) is 0 Å². The summed E-state index contributed by atoms with van der Waals surface area (Å²) >= 11 is 1.86. The maximum absolute atomic E-state index is 6.52. The second-order valence-electron chi connectivity index (χ2n) is 4.53. The Morgan fingerprint density at radius 2 is 2.29 bits per heavy atom. The van der Waals surface area contributed by atoms with Gasteiger partial charge in [-0.1, -0.05) is 12.1 Å². The second kappa shape index (κ2) is 5.10. The lowest BCUT2D eigenvalue weighted by Crippen LogP contribution is -2.38. The molecule has 1 aliphatic carbocycles. The van der Waals surface area contributed by atoms with Crippen molar-refractivity contribution in [2.24, 2.45) is 5.73 Å². The normalized spacial score (nSPS) is 22.5. The molecule has 3 nitrogen and oxygen atoms in total. The van der Waals surface area contributed by atoms with E-state index in [1.165, 1.54) is 0 Å². The first-order valence-corrected chi connectivity index (χ1v) is 7.26. The molecule has 0 fully saturated rings. The lowest BCUT2D eigenvalue weighted by Gasteiger charge is -2.32. The fourth-order valence-electron chi connectivity index (χ4n) is 2.30. The van der Waals surface area contributed by atoms with Crippen LogP contribution in [0.2, 0.25) is 0 Å². The third-order valence-electron chi connectivity index (χ3n) is 3.21. The topological polar surface area (TPSA) is 64.9 Å². The Balaban J connectivity index is 2.24. The summed E-state index contributed by atoms with van der Waals surface area (Å²) in [6.07, 6.45) is 9.27. The summed E-state index contributed by atoms with van der Waals surface area (Å²) in [7, 11) is 0. The molecule has 1 unspecified atom stereocenters. The maximum atomic E-state index is 6.52. The monoisotopic (exact) mass is 249 g/mol. The first-order valence-electron chi connectivity index (χ1n) is 5.87. The van der Waals surface area contributed by atoms with Gasteiger partial charge in [0.15, 0.2) is 0 Å². The first-order chi connectivity index (χ1) is 8.15. The third kappa shape index (κ3) is 2.64. The summed E-state index contributed by atoms with van der Waals surface area (Å²) < 4.78 is 0. The van der Waals surface area contributed by atoms with E-state index in [4.69, 9.17) is 11.5 Å². The molecule has 1 atom stereocenters. The molecule has 0 aliphatic heterocycles. The number of anilines is 1. The minimum Gasteiger partial charge on any atom is -0.384 e. The summed E-state index contributed by atoms with van der Waals surface area (Å²) in [5.74, 6) is 1.71. The number of thioether (sulfide) groups is 1. The Kier molecular flexibility index (Phi) is 3.74. The Bertz CT molecular complexity index is 431. The molecule has 1 heterocycles. The van der Waals surface area contributed by atoms with Gasteiger partial charge in [0.05, 0.1) is 5.69 Å². The fourth-order valence-corrected chi connectivity index (χ4v) is 2.73. The van der Waals surface area contributed by atoms with Crippen molar-refractivity contribution in [3.63, 3.8) is 0 Å². The van der Waals surface area contributed by atoms with E-state index < -0.39 is 0 Å². The minimum atomic E-state index is -0.263. The zero-order valence-electron chi connectivity index (χ0n) is 10.1. The molecule has 92 valence electrons. The van der Waals surface area contributed by atoms with Gasteiger partial charge in [0.25, 0.3) is 0 Å². The molecule has 0 spiro atoms. The number of aromatic nitrogens is 1. The molecular formula is C13H19N3S. The molecule has 0 radical (unpaired) electrons. The van der Waals surface area contributed by atoms with E-state index in [0.29, 0.717) is 5.82 Å². The molecule has 1 aromatic heterocycles. The van der Waals surface area contributed by atoms with Crippen LogP contribution >= 0.6 is 11.8 Å². The van der Waals surface area contributed by atoms with Crippen molar-refractivity contribution in [2.75, 3.05) is 17.7 Å². The summed E-state index contributed by atoms with van der Waals surface area (Å²) in [5.41, 5.74) is 14.0.